The lowest BCUT2D eigenvalue weighted by molar-refractivity contribution is 0.0951. The van der Waals surface area contributed by atoms with Crippen LogP contribution in [0.4, 0.5) is 11.4 Å². The molecule has 0 aliphatic carbocycles. The summed E-state index contributed by atoms with van der Waals surface area (Å²) in [7, 11) is 3.83. The van der Waals surface area contributed by atoms with Crippen molar-refractivity contribution in [3.05, 3.63) is 39.8 Å². The third kappa shape index (κ3) is 3.27. The van der Waals surface area contributed by atoms with Gasteiger partial charge in [0.05, 0.1) is 22.9 Å². The van der Waals surface area contributed by atoms with Gasteiger partial charge in [-0.25, -0.2) is 4.98 Å². The maximum atomic E-state index is 12.1. The molecule has 0 fully saturated rings. The topological polar surface area (TPSA) is 71.2 Å². The van der Waals surface area contributed by atoms with Crippen molar-refractivity contribution in [2.24, 2.45) is 0 Å². The van der Waals surface area contributed by atoms with Crippen LogP contribution in [0.3, 0.4) is 0 Å². The molecule has 1 heterocycles. The Morgan fingerprint density at radius 1 is 1.45 bits per heavy atom. The summed E-state index contributed by atoms with van der Waals surface area (Å²) in [6, 6.07) is 5.32. The molecule has 0 unspecified atom stereocenters. The summed E-state index contributed by atoms with van der Waals surface area (Å²) in [6.45, 7) is 2.43. The van der Waals surface area contributed by atoms with Crippen LogP contribution in [-0.2, 0) is 6.54 Å². The predicted octanol–water partition coefficient (Wildman–Crippen LogP) is 2.03. The van der Waals surface area contributed by atoms with E-state index in [1.54, 1.807) is 29.7 Å². The summed E-state index contributed by atoms with van der Waals surface area (Å²) < 4.78 is 0. The standard InChI is InChI=1S/C14H18N4OS/c1-9-16-7-11(20-9)8-17-14(19)10-4-5-13(18(2)3)12(15)6-10/h4-7H,8,15H2,1-3H3,(H,17,19). The van der Waals surface area contributed by atoms with Crippen LogP contribution >= 0.6 is 11.3 Å². The van der Waals surface area contributed by atoms with Crippen LogP contribution in [0.1, 0.15) is 20.2 Å². The highest BCUT2D eigenvalue weighted by molar-refractivity contribution is 7.11. The SMILES string of the molecule is Cc1ncc(CNC(=O)c2ccc(N(C)C)c(N)c2)s1. The van der Waals surface area contributed by atoms with Crippen LogP contribution in [0.15, 0.2) is 24.4 Å². The molecule has 20 heavy (non-hydrogen) atoms. The lowest BCUT2D eigenvalue weighted by Crippen LogP contribution is -2.22. The van der Waals surface area contributed by atoms with Crippen LogP contribution in [0.2, 0.25) is 0 Å². The summed E-state index contributed by atoms with van der Waals surface area (Å²) in [5.41, 5.74) is 8.00. The van der Waals surface area contributed by atoms with Crippen molar-refractivity contribution >= 4 is 28.6 Å². The van der Waals surface area contributed by atoms with Crippen molar-refractivity contribution in [1.82, 2.24) is 10.3 Å². The number of thiazole rings is 1. The Balaban J connectivity index is 2.04. The molecule has 0 atom stereocenters. The highest BCUT2D eigenvalue weighted by atomic mass is 32.1. The molecule has 0 saturated heterocycles. The summed E-state index contributed by atoms with van der Waals surface area (Å²) in [4.78, 5) is 19.2. The van der Waals surface area contributed by atoms with Crippen LogP contribution in [0.5, 0.6) is 0 Å². The first-order valence-electron chi connectivity index (χ1n) is 6.23. The molecule has 0 spiro atoms. The number of rotatable bonds is 4. The molecule has 5 nitrogen and oxygen atoms in total. The fourth-order valence-electron chi connectivity index (χ4n) is 1.86. The number of carbonyl (C=O) groups excluding carboxylic acids is 1. The normalized spacial score (nSPS) is 10.3. The number of nitrogens with zero attached hydrogens (tertiary/aromatic N) is 2. The highest BCUT2D eigenvalue weighted by Crippen LogP contribution is 2.22. The molecule has 1 aromatic heterocycles. The van der Waals surface area contributed by atoms with Gasteiger partial charge in [-0.3, -0.25) is 4.79 Å². The smallest absolute Gasteiger partial charge is 0.251 e. The van der Waals surface area contributed by atoms with Crippen LogP contribution in [0.25, 0.3) is 0 Å². The average Bonchev–Trinajstić information content (AvgIpc) is 2.81. The van der Waals surface area contributed by atoms with Gasteiger partial charge in [0.25, 0.3) is 5.91 Å². The number of nitrogen functional groups attached to an aromatic ring is 1. The maximum absolute atomic E-state index is 12.1. The Bertz CT molecular complexity index is 621. The number of hydrogen-bond donors (Lipinski definition) is 2. The van der Waals surface area contributed by atoms with Gasteiger partial charge >= 0.3 is 0 Å². The van der Waals surface area contributed by atoms with Crippen LogP contribution in [-0.4, -0.2) is 25.0 Å². The van der Waals surface area contributed by atoms with E-state index in [2.05, 4.69) is 10.3 Å². The van der Waals surface area contributed by atoms with E-state index in [0.29, 0.717) is 17.8 Å². The molecule has 0 radical (unpaired) electrons. The third-order valence-corrected chi connectivity index (χ3v) is 3.78. The molecule has 2 aromatic rings. The minimum absolute atomic E-state index is 0.131. The van der Waals surface area contributed by atoms with Crippen molar-refractivity contribution in [2.45, 2.75) is 13.5 Å². The zero-order valence-electron chi connectivity index (χ0n) is 11.8. The minimum atomic E-state index is -0.131. The summed E-state index contributed by atoms with van der Waals surface area (Å²) in [5, 5.41) is 3.86. The number of hydrogen-bond acceptors (Lipinski definition) is 5. The summed E-state index contributed by atoms with van der Waals surface area (Å²) in [5.74, 6) is -0.131. The van der Waals surface area contributed by atoms with E-state index in [0.717, 1.165) is 15.6 Å². The number of benzene rings is 1. The number of amides is 1. The Hall–Kier alpha value is -2.08. The van der Waals surface area contributed by atoms with Gasteiger partial charge in [-0.15, -0.1) is 11.3 Å². The van der Waals surface area contributed by atoms with E-state index in [9.17, 15) is 4.79 Å². The second kappa shape index (κ2) is 5.92. The second-order valence-corrected chi connectivity index (χ2v) is 6.02. The molecule has 0 aliphatic heterocycles. The Morgan fingerprint density at radius 3 is 2.75 bits per heavy atom. The molecule has 2 rings (SSSR count). The quantitative estimate of drug-likeness (QED) is 0.845. The van der Waals surface area contributed by atoms with E-state index >= 15 is 0 Å². The molecule has 6 heteroatoms. The van der Waals surface area contributed by atoms with Crippen molar-refractivity contribution in [3.63, 3.8) is 0 Å². The zero-order valence-corrected chi connectivity index (χ0v) is 12.6. The molecule has 1 aromatic carbocycles. The minimum Gasteiger partial charge on any atom is -0.397 e. The van der Waals surface area contributed by atoms with E-state index < -0.39 is 0 Å². The van der Waals surface area contributed by atoms with Crippen molar-refractivity contribution < 1.29 is 4.79 Å². The third-order valence-electron chi connectivity index (χ3n) is 2.86. The van der Waals surface area contributed by atoms with E-state index in [-0.39, 0.29) is 5.91 Å². The van der Waals surface area contributed by atoms with Crippen molar-refractivity contribution in [3.8, 4) is 0 Å². The highest BCUT2D eigenvalue weighted by Gasteiger charge is 2.09. The summed E-state index contributed by atoms with van der Waals surface area (Å²) in [6.07, 6.45) is 1.78. The van der Waals surface area contributed by atoms with Crippen molar-refractivity contribution in [1.29, 1.82) is 0 Å². The van der Waals surface area contributed by atoms with Gasteiger partial charge in [0.15, 0.2) is 0 Å². The predicted molar refractivity (Wildman–Crippen MR) is 83.2 cm³/mol. The zero-order chi connectivity index (χ0) is 14.7. The monoisotopic (exact) mass is 290 g/mol. The molecule has 1 amide bonds. The first-order chi connectivity index (χ1) is 9.47. The number of nitrogens with two attached hydrogens (primary N) is 1. The van der Waals surface area contributed by atoms with Gasteiger partial charge in [0.1, 0.15) is 0 Å². The van der Waals surface area contributed by atoms with E-state index in [1.165, 1.54) is 0 Å². The molecular weight excluding hydrogens is 272 g/mol. The summed E-state index contributed by atoms with van der Waals surface area (Å²) >= 11 is 1.58. The number of aromatic nitrogens is 1. The number of anilines is 2. The fourth-order valence-corrected chi connectivity index (χ4v) is 2.59. The van der Waals surface area contributed by atoms with Gasteiger partial charge in [-0.05, 0) is 25.1 Å². The molecule has 0 bridgehead atoms. The van der Waals surface area contributed by atoms with Crippen LogP contribution < -0.4 is 16.0 Å². The fraction of sp³-hybridized carbons (Fsp3) is 0.286. The lowest BCUT2D eigenvalue weighted by Gasteiger charge is -2.15. The Morgan fingerprint density at radius 2 is 2.20 bits per heavy atom. The Kier molecular flexibility index (Phi) is 4.24. The molecule has 0 saturated carbocycles. The van der Waals surface area contributed by atoms with Crippen molar-refractivity contribution in [2.75, 3.05) is 24.7 Å². The molecule has 0 aliphatic rings. The number of carbonyl (C=O) groups is 1. The number of aryl methyl sites for hydroxylation is 1. The van der Waals surface area contributed by atoms with E-state index in [1.807, 2.05) is 32.0 Å². The Labute approximate surface area is 122 Å². The maximum Gasteiger partial charge on any atom is 0.251 e. The largest absolute Gasteiger partial charge is 0.397 e. The number of nitrogens with one attached hydrogen (secondary N) is 1. The molecule has 106 valence electrons. The lowest BCUT2D eigenvalue weighted by atomic mass is 10.1. The molecular formula is C14H18N4OS. The molecule has 3 N–H and O–H groups in total. The average molecular weight is 290 g/mol. The van der Waals surface area contributed by atoms with Gasteiger partial charge in [0, 0.05) is 30.7 Å². The van der Waals surface area contributed by atoms with Gasteiger partial charge in [0.2, 0.25) is 0 Å². The second-order valence-electron chi connectivity index (χ2n) is 4.70. The van der Waals surface area contributed by atoms with Gasteiger partial charge in [-0.1, -0.05) is 0 Å². The van der Waals surface area contributed by atoms with Gasteiger partial charge in [-0.2, -0.15) is 0 Å². The van der Waals surface area contributed by atoms with Gasteiger partial charge < -0.3 is 16.0 Å². The first-order valence-corrected chi connectivity index (χ1v) is 7.05. The first kappa shape index (κ1) is 14.3. The van der Waals surface area contributed by atoms with Crippen LogP contribution in [0, 0.1) is 6.92 Å². The van der Waals surface area contributed by atoms with E-state index in [4.69, 9.17) is 5.73 Å².